The van der Waals surface area contributed by atoms with Gasteiger partial charge in [-0.15, -0.1) is 0 Å². The van der Waals surface area contributed by atoms with Crippen molar-refractivity contribution in [3.63, 3.8) is 0 Å². The number of alkyl carbamates (subject to hydrolysis) is 1. The molecule has 1 aromatic rings. The molecule has 1 unspecified atom stereocenters. The molecule has 1 aromatic heterocycles. The second-order valence-electron chi connectivity index (χ2n) is 2.92. The Labute approximate surface area is 79.6 Å². The van der Waals surface area contributed by atoms with Crippen LogP contribution in [0.1, 0.15) is 0 Å². The number of cyclic esters (lactones) is 1. The highest BCUT2D eigenvalue weighted by Crippen LogP contribution is 2.02. The van der Waals surface area contributed by atoms with Gasteiger partial charge < -0.3 is 15.4 Å². The van der Waals surface area contributed by atoms with Gasteiger partial charge in [-0.25, -0.2) is 9.48 Å². The normalized spacial score (nSPS) is 20.4. The van der Waals surface area contributed by atoms with Crippen molar-refractivity contribution < 1.29 is 9.53 Å². The molecule has 2 heterocycles. The Morgan fingerprint density at radius 1 is 1.79 bits per heavy atom. The number of anilines is 1. The maximum absolute atomic E-state index is 10.7. The molecule has 0 aromatic carbocycles. The molecule has 8 nitrogen and oxygen atoms in total. The summed E-state index contributed by atoms with van der Waals surface area (Å²) >= 11 is 0. The van der Waals surface area contributed by atoms with E-state index in [1.807, 2.05) is 0 Å². The van der Waals surface area contributed by atoms with Gasteiger partial charge in [0, 0.05) is 7.05 Å². The minimum Gasteiger partial charge on any atom is -0.442 e. The zero-order valence-electron chi connectivity index (χ0n) is 7.60. The second kappa shape index (κ2) is 3.48. The predicted molar refractivity (Wildman–Crippen MR) is 45.6 cm³/mol. The van der Waals surface area contributed by atoms with Crippen molar-refractivity contribution >= 4 is 12.0 Å². The lowest BCUT2D eigenvalue weighted by atomic mass is 10.4. The molecular formula is C6H10N6O2. The molecule has 1 amide bonds. The summed E-state index contributed by atoms with van der Waals surface area (Å²) in [6.07, 6.45) is -0.549. The van der Waals surface area contributed by atoms with Gasteiger partial charge in [0.2, 0.25) is 5.95 Å². The van der Waals surface area contributed by atoms with E-state index >= 15 is 0 Å². The molecule has 1 atom stereocenters. The minimum absolute atomic E-state index is 0.167. The molecular weight excluding hydrogens is 188 g/mol. The molecule has 2 N–H and O–H groups in total. The standard InChI is InChI=1S/C6H10N6O2/c1-12-5(9-10-11-12)7-2-4-3-8-6(13)14-4/h4H,2-3H2,1H3,(H,8,13)(H,7,9,11). The predicted octanol–water partition coefficient (Wildman–Crippen LogP) is -1.27. The molecule has 1 fully saturated rings. The van der Waals surface area contributed by atoms with Crippen molar-refractivity contribution in [1.29, 1.82) is 0 Å². The van der Waals surface area contributed by atoms with Crippen LogP contribution < -0.4 is 10.6 Å². The Bertz CT molecular complexity index is 337. The number of nitrogens with one attached hydrogen (secondary N) is 2. The van der Waals surface area contributed by atoms with E-state index in [1.54, 1.807) is 7.05 Å². The van der Waals surface area contributed by atoms with Crippen LogP contribution in [0.15, 0.2) is 0 Å². The van der Waals surface area contributed by atoms with Gasteiger partial charge in [0.05, 0.1) is 13.1 Å². The van der Waals surface area contributed by atoms with Crippen LogP contribution in [-0.2, 0) is 11.8 Å². The van der Waals surface area contributed by atoms with Crippen LogP contribution in [0.25, 0.3) is 0 Å². The molecule has 0 spiro atoms. The van der Waals surface area contributed by atoms with E-state index in [0.29, 0.717) is 19.0 Å². The molecule has 0 radical (unpaired) electrons. The van der Waals surface area contributed by atoms with Crippen molar-refractivity contribution in [3.05, 3.63) is 0 Å². The van der Waals surface area contributed by atoms with Crippen LogP contribution in [0.3, 0.4) is 0 Å². The first kappa shape index (κ1) is 8.73. The average molecular weight is 198 g/mol. The maximum Gasteiger partial charge on any atom is 0.407 e. The number of aryl methyl sites for hydroxylation is 1. The van der Waals surface area contributed by atoms with E-state index in [2.05, 4.69) is 26.2 Å². The minimum atomic E-state index is -0.382. The van der Waals surface area contributed by atoms with Crippen LogP contribution in [-0.4, -0.2) is 45.5 Å². The van der Waals surface area contributed by atoms with Crippen LogP contribution in [0.2, 0.25) is 0 Å². The molecule has 0 bridgehead atoms. The highest BCUT2D eigenvalue weighted by molar-refractivity contribution is 5.69. The Kier molecular flexibility index (Phi) is 2.17. The summed E-state index contributed by atoms with van der Waals surface area (Å²) in [7, 11) is 1.72. The Balaban J connectivity index is 1.83. The Hall–Kier alpha value is -1.86. The highest BCUT2D eigenvalue weighted by Gasteiger charge is 2.22. The number of nitrogens with zero attached hydrogens (tertiary/aromatic N) is 4. The Morgan fingerprint density at radius 3 is 3.21 bits per heavy atom. The van der Waals surface area contributed by atoms with Gasteiger partial charge in [-0.05, 0) is 10.4 Å². The van der Waals surface area contributed by atoms with Crippen LogP contribution >= 0.6 is 0 Å². The van der Waals surface area contributed by atoms with E-state index in [4.69, 9.17) is 4.74 Å². The summed E-state index contributed by atoms with van der Waals surface area (Å²) in [6, 6.07) is 0. The highest BCUT2D eigenvalue weighted by atomic mass is 16.6. The van der Waals surface area contributed by atoms with Crippen molar-refractivity contribution in [2.75, 3.05) is 18.4 Å². The molecule has 2 rings (SSSR count). The van der Waals surface area contributed by atoms with E-state index in [9.17, 15) is 4.79 Å². The molecule has 14 heavy (non-hydrogen) atoms. The number of carbonyl (C=O) groups excluding carboxylic acids is 1. The third-order valence-corrected chi connectivity index (χ3v) is 1.86. The first-order valence-electron chi connectivity index (χ1n) is 4.16. The summed E-state index contributed by atoms with van der Waals surface area (Å²) in [5, 5.41) is 16.4. The molecule has 0 aliphatic carbocycles. The van der Waals surface area contributed by atoms with Gasteiger partial charge in [-0.1, -0.05) is 5.10 Å². The number of ether oxygens (including phenoxy) is 1. The number of hydrogen-bond acceptors (Lipinski definition) is 6. The average Bonchev–Trinajstić information content (AvgIpc) is 2.72. The first-order valence-corrected chi connectivity index (χ1v) is 4.16. The summed E-state index contributed by atoms with van der Waals surface area (Å²) in [4.78, 5) is 10.7. The fraction of sp³-hybridized carbons (Fsp3) is 0.667. The SMILES string of the molecule is Cn1nnnc1NCC1CNC(=O)O1. The van der Waals surface area contributed by atoms with E-state index in [-0.39, 0.29) is 12.2 Å². The van der Waals surface area contributed by atoms with Crippen LogP contribution in [0.5, 0.6) is 0 Å². The number of rotatable bonds is 3. The number of hydrogen-bond donors (Lipinski definition) is 2. The largest absolute Gasteiger partial charge is 0.442 e. The second-order valence-corrected chi connectivity index (χ2v) is 2.92. The molecule has 76 valence electrons. The Morgan fingerprint density at radius 2 is 2.64 bits per heavy atom. The molecule has 1 aliphatic rings. The van der Waals surface area contributed by atoms with Crippen LogP contribution in [0.4, 0.5) is 10.7 Å². The molecule has 8 heteroatoms. The van der Waals surface area contributed by atoms with E-state index in [0.717, 1.165) is 0 Å². The number of amides is 1. The third-order valence-electron chi connectivity index (χ3n) is 1.86. The molecule has 0 saturated carbocycles. The number of aromatic nitrogens is 4. The van der Waals surface area contributed by atoms with Crippen molar-refractivity contribution in [2.45, 2.75) is 6.10 Å². The number of carbonyl (C=O) groups is 1. The van der Waals surface area contributed by atoms with Gasteiger partial charge >= 0.3 is 6.09 Å². The smallest absolute Gasteiger partial charge is 0.407 e. The maximum atomic E-state index is 10.7. The molecule has 1 aliphatic heterocycles. The van der Waals surface area contributed by atoms with E-state index < -0.39 is 0 Å². The zero-order valence-corrected chi connectivity index (χ0v) is 7.60. The van der Waals surface area contributed by atoms with Gasteiger partial charge in [-0.2, -0.15) is 0 Å². The summed E-state index contributed by atoms with van der Waals surface area (Å²) in [6.45, 7) is 1.00. The summed E-state index contributed by atoms with van der Waals surface area (Å²) in [5.41, 5.74) is 0. The summed E-state index contributed by atoms with van der Waals surface area (Å²) < 4.78 is 6.41. The lowest BCUT2D eigenvalue weighted by Crippen LogP contribution is -2.24. The van der Waals surface area contributed by atoms with Gasteiger partial charge in [0.25, 0.3) is 0 Å². The van der Waals surface area contributed by atoms with E-state index in [1.165, 1.54) is 4.68 Å². The third kappa shape index (κ3) is 1.73. The van der Waals surface area contributed by atoms with Crippen molar-refractivity contribution in [3.8, 4) is 0 Å². The fourth-order valence-corrected chi connectivity index (χ4v) is 1.13. The topological polar surface area (TPSA) is 94.0 Å². The quantitative estimate of drug-likeness (QED) is 0.629. The van der Waals surface area contributed by atoms with Gasteiger partial charge in [-0.3, -0.25) is 0 Å². The lowest BCUT2D eigenvalue weighted by molar-refractivity contribution is 0.145. The van der Waals surface area contributed by atoms with Crippen molar-refractivity contribution in [2.24, 2.45) is 7.05 Å². The van der Waals surface area contributed by atoms with Gasteiger partial charge in [0.1, 0.15) is 6.10 Å². The van der Waals surface area contributed by atoms with Crippen LogP contribution in [0, 0.1) is 0 Å². The van der Waals surface area contributed by atoms with Crippen molar-refractivity contribution in [1.82, 2.24) is 25.5 Å². The molecule has 1 saturated heterocycles. The summed E-state index contributed by atoms with van der Waals surface area (Å²) in [5.74, 6) is 0.549. The first-order chi connectivity index (χ1) is 6.75. The lowest BCUT2D eigenvalue weighted by Gasteiger charge is -2.08. The zero-order chi connectivity index (χ0) is 9.97. The fourth-order valence-electron chi connectivity index (χ4n) is 1.13. The number of tetrazole rings is 1. The van der Waals surface area contributed by atoms with Gasteiger partial charge in [0.15, 0.2) is 0 Å². The monoisotopic (exact) mass is 198 g/mol.